The number of fused-ring (bicyclic) bond motifs is 2. The minimum atomic E-state index is -1.16. The van der Waals surface area contributed by atoms with E-state index < -0.39 is 11.7 Å². The summed E-state index contributed by atoms with van der Waals surface area (Å²) in [7, 11) is 0. The molecular formula is C19H13NO3. The summed E-state index contributed by atoms with van der Waals surface area (Å²) in [4.78, 5) is 16.4. The van der Waals surface area contributed by atoms with Gasteiger partial charge in [-0.05, 0) is 30.4 Å². The smallest absolute Gasteiger partial charge is 0.335 e. The first kappa shape index (κ1) is 13.5. The minimum Gasteiger partial charge on any atom is -0.454 e. The van der Waals surface area contributed by atoms with E-state index in [1.807, 2.05) is 54.6 Å². The average molecular weight is 303 g/mol. The number of hydrogen-bond acceptors (Lipinski definition) is 4. The fourth-order valence-electron chi connectivity index (χ4n) is 2.75. The van der Waals surface area contributed by atoms with Crippen LogP contribution in [0.2, 0.25) is 0 Å². The summed E-state index contributed by atoms with van der Waals surface area (Å²) in [6.45, 7) is 3.45. The van der Waals surface area contributed by atoms with Crippen molar-refractivity contribution in [3.63, 3.8) is 0 Å². The highest BCUT2D eigenvalue weighted by Gasteiger charge is 2.42. The third-order valence-corrected chi connectivity index (χ3v) is 3.80. The largest absolute Gasteiger partial charge is 0.454 e. The third kappa shape index (κ3) is 2.07. The second-order valence-electron chi connectivity index (χ2n) is 5.25. The molecule has 0 amide bonds. The summed E-state index contributed by atoms with van der Waals surface area (Å²) in [5, 5.41) is 1.47. The summed E-state index contributed by atoms with van der Waals surface area (Å²) in [5.74, 6) is 0.518. The fourth-order valence-corrected chi connectivity index (χ4v) is 2.75. The molecule has 4 heteroatoms. The molecule has 1 unspecified atom stereocenters. The highest BCUT2D eigenvalue weighted by molar-refractivity contribution is 5.86. The van der Waals surface area contributed by atoms with Gasteiger partial charge in [-0.3, -0.25) is 0 Å². The zero-order valence-corrected chi connectivity index (χ0v) is 12.2. The second-order valence-corrected chi connectivity index (χ2v) is 5.25. The molecule has 2 aromatic carbocycles. The van der Waals surface area contributed by atoms with Crippen molar-refractivity contribution in [3.8, 4) is 5.75 Å². The molecule has 2 aliphatic rings. The van der Waals surface area contributed by atoms with Crippen molar-refractivity contribution in [2.75, 3.05) is 0 Å². The van der Waals surface area contributed by atoms with E-state index in [1.165, 1.54) is 0 Å². The van der Waals surface area contributed by atoms with Crippen molar-refractivity contribution in [2.24, 2.45) is 4.99 Å². The number of rotatable bonds is 2. The highest BCUT2D eigenvalue weighted by atomic mass is 16.6. The zero-order chi connectivity index (χ0) is 15.9. The molecule has 0 fully saturated rings. The number of esters is 1. The van der Waals surface area contributed by atoms with Crippen LogP contribution < -0.4 is 15.3 Å². The lowest BCUT2D eigenvalue weighted by molar-refractivity contribution is -0.132. The van der Waals surface area contributed by atoms with Gasteiger partial charge in [0, 0.05) is 16.9 Å². The third-order valence-electron chi connectivity index (χ3n) is 3.80. The summed E-state index contributed by atoms with van der Waals surface area (Å²) in [6, 6.07) is 15.1. The molecule has 0 saturated heterocycles. The Bertz CT molecular complexity index is 974. The predicted octanol–water partition coefficient (Wildman–Crippen LogP) is 1.96. The molecule has 0 bridgehead atoms. The maximum atomic E-state index is 11.8. The minimum absolute atomic E-state index is 0.365. The topological polar surface area (TPSA) is 47.9 Å². The molecule has 0 aliphatic carbocycles. The number of ether oxygens (including phenoxy) is 2. The monoisotopic (exact) mass is 303 g/mol. The van der Waals surface area contributed by atoms with Gasteiger partial charge in [-0.2, -0.15) is 0 Å². The van der Waals surface area contributed by atoms with Crippen LogP contribution in [0.15, 0.2) is 72.3 Å². The molecule has 0 saturated carbocycles. The number of hydrogen-bond donors (Lipinski definition) is 0. The van der Waals surface area contributed by atoms with Crippen LogP contribution in [-0.2, 0) is 9.53 Å². The molecule has 2 aromatic rings. The van der Waals surface area contributed by atoms with Gasteiger partial charge in [0.2, 0.25) is 0 Å². The Labute approximate surface area is 132 Å². The van der Waals surface area contributed by atoms with Crippen molar-refractivity contribution in [2.45, 2.75) is 5.72 Å². The standard InChI is InChI=1S/C19H13NO3/c1-2-17(21)22-18-14-8-4-5-9-15(14)20-19(18)12-11-13-7-3-6-10-16(13)23-19/h2-12H,1H2. The molecule has 23 heavy (non-hydrogen) atoms. The number of carbonyl (C=O) groups excluding carboxylic acids is 1. The predicted molar refractivity (Wildman–Crippen MR) is 85.8 cm³/mol. The van der Waals surface area contributed by atoms with Crippen molar-refractivity contribution < 1.29 is 14.3 Å². The van der Waals surface area contributed by atoms with Gasteiger partial charge >= 0.3 is 5.97 Å². The average Bonchev–Trinajstić information content (AvgIpc) is 2.88. The maximum Gasteiger partial charge on any atom is 0.335 e. The van der Waals surface area contributed by atoms with Crippen molar-refractivity contribution in [3.05, 3.63) is 83.4 Å². The van der Waals surface area contributed by atoms with E-state index in [2.05, 4.69) is 11.6 Å². The first-order valence-corrected chi connectivity index (χ1v) is 7.23. The van der Waals surface area contributed by atoms with Crippen molar-refractivity contribution in [1.29, 1.82) is 0 Å². The summed E-state index contributed by atoms with van der Waals surface area (Å²) < 4.78 is 11.6. The van der Waals surface area contributed by atoms with Gasteiger partial charge in [0.15, 0.2) is 5.76 Å². The van der Waals surface area contributed by atoms with Gasteiger partial charge in [0.05, 0.1) is 5.36 Å². The van der Waals surface area contributed by atoms with Crippen LogP contribution >= 0.6 is 0 Å². The van der Waals surface area contributed by atoms with Gasteiger partial charge in [0.1, 0.15) is 5.75 Å². The zero-order valence-electron chi connectivity index (χ0n) is 12.2. The molecule has 4 nitrogen and oxygen atoms in total. The van der Waals surface area contributed by atoms with Crippen LogP contribution in [0.3, 0.4) is 0 Å². The van der Waals surface area contributed by atoms with Gasteiger partial charge in [0.25, 0.3) is 5.72 Å². The van der Waals surface area contributed by atoms with Crippen LogP contribution in [0, 0.1) is 0 Å². The van der Waals surface area contributed by atoms with E-state index in [4.69, 9.17) is 9.47 Å². The SMILES string of the molecule is C=CC(=O)OC1=c2ccccc2=NC12C=Cc1ccccc1O2. The van der Waals surface area contributed by atoms with Crippen molar-refractivity contribution >= 4 is 17.8 Å². The Morgan fingerprint density at radius 1 is 1.17 bits per heavy atom. The van der Waals surface area contributed by atoms with Crippen LogP contribution in [0.25, 0.3) is 11.8 Å². The summed E-state index contributed by atoms with van der Waals surface area (Å²) in [6.07, 6.45) is 4.86. The van der Waals surface area contributed by atoms with E-state index in [0.29, 0.717) is 11.5 Å². The Morgan fingerprint density at radius 2 is 1.96 bits per heavy atom. The van der Waals surface area contributed by atoms with Crippen molar-refractivity contribution in [1.82, 2.24) is 0 Å². The van der Waals surface area contributed by atoms with Crippen LogP contribution in [0.1, 0.15) is 5.56 Å². The quantitative estimate of drug-likeness (QED) is 0.629. The maximum absolute atomic E-state index is 11.8. The van der Waals surface area contributed by atoms with Gasteiger partial charge in [-0.1, -0.05) is 36.9 Å². The number of nitrogens with zero attached hydrogens (tertiary/aromatic N) is 1. The van der Waals surface area contributed by atoms with Gasteiger partial charge < -0.3 is 9.47 Å². The molecule has 1 atom stereocenters. The molecule has 4 rings (SSSR count). The Hall–Kier alpha value is -3.14. The summed E-state index contributed by atoms with van der Waals surface area (Å²) in [5.41, 5.74) is -0.199. The van der Waals surface area contributed by atoms with E-state index in [-0.39, 0.29) is 0 Å². The molecule has 112 valence electrons. The lowest BCUT2D eigenvalue weighted by atomic mass is 10.0. The van der Waals surface area contributed by atoms with E-state index in [0.717, 1.165) is 22.2 Å². The van der Waals surface area contributed by atoms with E-state index in [9.17, 15) is 4.79 Å². The van der Waals surface area contributed by atoms with Crippen LogP contribution in [-0.4, -0.2) is 11.7 Å². The lowest BCUT2D eigenvalue weighted by Gasteiger charge is -2.30. The number of benzene rings is 2. The number of carbonyl (C=O) groups is 1. The number of para-hydroxylation sites is 2. The van der Waals surface area contributed by atoms with Gasteiger partial charge in [-0.25, -0.2) is 9.79 Å². The highest BCUT2D eigenvalue weighted by Crippen LogP contribution is 2.37. The summed E-state index contributed by atoms with van der Waals surface area (Å²) >= 11 is 0. The molecule has 0 radical (unpaired) electrons. The molecule has 0 N–H and O–H groups in total. The van der Waals surface area contributed by atoms with E-state index >= 15 is 0 Å². The normalized spacial score (nSPS) is 20.3. The van der Waals surface area contributed by atoms with E-state index in [1.54, 1.807) is 6.08 Å². The molecule has 1 spiro atoms. The van der Waals surface area contributed by atoms with Crippen LogP contribution in [0.5, 0.6) is 5.75 Å². The van der Waals surface area contributed by atoms with Gasteiger partial charge in [-0.15, -0.1) is 0 Å². The lowest BCUT2D eigenvalue weighted by Crippen LogP contribution is -2.36. The van der Waals surface area contributed by atoms with Crippen LogP contribution in [0.4, 0.5) is 0 Å². The Balaban J connectivity index is 1.91. The Morgan fingerprint density at radius 3 is 2.83 bits per heavy atom. The second kappa shape index (κ2) is 4.95. The molecule has 2 aliphatic heterocycles. The fraction of sp³-hybridized carbons (Fsp3) is 0.0526. The first-order valence-electron chi connectivity index (χ1n) is 7.23. The molecular weight excluding hydrogens is 290 g/mol. The molecule has 2 heterocycles. The molecule has 0 aromatic heterocycles. The first-order chi connectivity index (χ1) is 11.2. The Kier molecular flexibility index (Phi) is 2.91.